The fourth-order valence-electron chi connectivity index (χ4n) is 7.67. The molecule has 0 spiro atoms. The van der Waals surface area contributed by atoms with Crippen molar-refractivity contribution in [3.8, 4) is 0 Å². The quantitative estimate of drug-likeness (QED) is 0.156. The van der Waals surface area contributed by atoms with E-state index in [2.05, 4.69) is 10.3 Å². The van der Waals surface area contributed by atoms with E-state index in [-0.39, 0.29) is 47.5 Å². The van der Waals surface area contributed by atoms with Crippen molar-refractivity contribution in [2.75, 3.05) is 18.4 Å². The molecule has 0 saturated carbocycles. The van der Waals surface area contributed by atoms with Crippen LogP contribution in [0.5, 0.6) is 0 Å². The molecule has 2 aliphatic heterocycles. The van der Waals surface area contributed by atoms with E-state index in [0.29, 0.717) is 60.2 Å². The number of rotatable bonds is 10. The number of fused-ring (bicyclic) bond motifs is 2. The summed E-state index contributed by atoms with van der Waals surface area (Å²) in [4.78, 5) is 61.1. The Morgan fingerprint density at radius 2 is 1.69 bits per heavy atom. The summed E-state index contributed by atoms with van der Waals surface area (Å²) in [5, 5.41) is 3.50. The van der Waals surface area contributed by atoms with Crippen LogP contribution in [0.15, 0.2) is 82.7 Å². The Morgan fingerprint density at radius 3 is 2.39 bits per heavy atom. The lowest BCUT2D eigenvalue weighted by Gasteiger charge is -2.38. The Balaban J connectivity index is 0.960. The number of aromatic nitrogens is 2. The Morgan fingerprint density at radius 1 is 0.961 bits per heavy atom. The molecule has 11 heteroatoms. The van der Waals surface area contributed by atoms with Crippen LogP contribution in [0.1, 0.15) is 77.3 Å². The predicted molar refractivity (Wildman–Crippen MR) is 195 cm³/mol. The van der Waals surface area contributed by atoms with Crippen molar-refractivity contribution >= 4 is 35.2 Å². The van der Waals surface area contributed by atoms with Gasteiger partial charge in [0.1, 0.15) is 18.4 Å². The SMILES string of the molecule is CC(C)[C@@H](C(=O)N1CCC(c2ccc(NC(=O)Cn3c(SCc4ccc(F)cc4)nc(=O)c4c3CCC4)cc2)CC1)N1Cc2ccccc2C1=O. The fourth-order valence-corrected chi connectivity index (χ4v) is 8.64. The van der Waals surface area contributed by atoms with Crippen molar-refractivity contribution in [3.05, 3.63) is 122 Å². The number of hydrogen-bond acceptors (Lipinski definition) is 6. The number of amides is 3. The van der Waals surface area contributed by atoms with E-state index in [1.54, 1.807) is 17.0 Å². The summed E-state index contributed by atoms with van der Waals surface area (Å²) in [6.07, 6.45) is 3.86. The molecule has 0 bridgehead atoms. The molecule has 1 saturated heterocycles. The molecule has 51 heavy (non-hydrogen) atoms. The van der Waals surface area contributed by atoms with Gasteiger partial charge in [-0.2, -0.15) is 4.98 Å². The lowest BCUT2D eigenvalue weighted by molar-refractivity contribution is -0.138. The van der Waals surface area contributed by atoms with Gasteiger partial charge in [-0.1, -0.05) is 68.1 Å². The van der Waals surface area contributed by atoms with Crippen molar-refractivity contribution in [2.24, 2.45) is 5.92 Å². The second kappa shape index (κ2) is 14.8. The van der Waals surface area contributed by atoms with Gasteiger partial charge in [0.25, 0.3) is 11.5 Å². The molecule has 1 fully saturated rings. The van der Waals surface area contributed by atoms with Crippen LogP contribution in [-0.4, -0.2) is 56.2 Å². The highest BCUT2D eigenvalue weighted by Crippen LogP contribution is 2.33. The molecular formula is C40H42FN5O4S. The first kappa shape index (κ1) is 34.7. The molecule has 9 nitrogen and oxygen atoms in total. The third-order valence-corrected chi connectivity index (χ3v) is 11.4. The van der Waals surface area contributed by atoms with Crippen molar-refractivity contribution in [2.45, 2.75) is 81.9 Å². The van der Waals surface area contributed by atoms with Crippen molar-refractivity contribution in [1.82, 2.24) is 19.4 Å². The van der Waals surface area contributed by atoms with Gasteiger partial charge < -0.3 is 19.7 Å². The summed E-state index contributed by atoms with van der Waals surface area (Å²) >= 11 is 1.37. The number of anilines is 1. The van der Waals surface area contributed by atoms with Gasteiger partial charge in [-0.25, -0.2) is 4.39 Å². The van der Waals surface area contributed by atoms with Gasteiger partial charge >= 0.3 is 0 Å². The second-order valence-corrected chi connectivity index (χ2v) is 15.0. The van der Waals surface area contributed by atoms with Gasteiger partial charge in [0, 0.05) is 47.9 Å². The number of hydrogen-bond donors (Lipinski definition) is 1. The van der Waals surface area contributed by atoms with E-state index in [4.69, 9.17) is 0 Å². The van der Waals surface area contributed by atoms with Gasteiger partial charge in [-0.05, 0) is 91.0 Å². The van der Waals surface area contributed by atoms with Gasteiger partial charge in [-0.3, -0.25) is 19.2 Å². The molecule has 0 unspecified atom stereocenters. The van der Waals surface area contributed by atoms with Crippen LogP contribution in [0, 0.1) is 11.7 Å². The number of halogens is 1. The molecule has 1 N–H and O–H groups in total. The minimum atomic E-state index is -0.498. The average Bonchev–Trinajstić information content (AvgIpc) is 3.75. The minimum absolute atomic E-state index is 0.00960. The molecule has 3 aromatic carbocycles. The number of thioether (sulfide) groups is 1. The predicted octanol–water partition coefficient (Wildman–Crippen LogP) is 6.19. The van der Waals surface area contributed by atoms with E-state index < -0.39 is 6.04 Å². The molecule has 4 aromatic rings. The van der Waals surface area contributed by atoms with Crippen LogP contribution in [0.2, 0.25) is 0 Å². The summed E-state index contributed by atoms with van der Waals surface area (Å²) in [6.45, 7) is 5.75. The molecule has 3 amide bonds. The molecule has 1 aliphatic carbocycles. The van der Waals surface area contributed by atoms with Crippen molar-refractivity contribution in [3.63, 3.8) is 0 Å². The molecular weight excluding hydrogens is 666 g/mol. The molecule has 0 radical (unpaired) electrons. The van der Waals surface area contributed by atoms with Gasteiger partial charge in [0.2, 0.25) is 11.8 Å². The number of likely N-dealkylation sites (tertiary alicyclic amines) is 1. The topological polar surface area (TPSA) is 105 Å². The molecule has 7 rings (SSSR count). The Kier molecular flexibility index (Phi) is 10.1. The lowest BCUT2D eigenvalue weighted by atomic mass is 9.88. The Labute approximate surface area is 301 Å². The number of benzene rings is 3. The fraction of sp³-hybridized carbons (Fsp3) is 0.375. The monoisotopic (exact) mass is 707 g/mol. The summed E-state index contributed by atoms with van der Waals surface area (Å²) < 4.78 is 15.3. The first-order valence-electron chi connectivity index (χ1n) is 17.7. The highest BCUT2D eigenvalue weighted by atomic mass is 32.2. The summed E-state index contributed by atoms with van der Waals surface area (Å²) in [7, 11) is 0. The maximum Gasteiger partial charge on any atom is 0.277 e. The van der Waals surface area contributed by atoms with E-state index in [9.17, 15) is 23.6 Å². The summed E-state index contributed by atoms with van der Waals surface area (Å²) in [6, 6.07) is 21.2. The smallest absolute Gasteiger partial charge is 0.277 e. The van der Waals surface area contributed by atoms with Gasteiger partial charge in [0.15, 0.2) is 5.16 Å². The summed E-state index contributed by atoms with van der Waals surface area (Å²) in [5.41, 5.74) is 5.71. The standard InChI is InChI=1S/C40H42FN5O4S/c1-25(2)36(46-22-29-6-3-4-7-32(29)38(46)49)39(50)44-20-18-28(19-21-44)27-12-16-31(17-13-27)42-35(47)23-45-34-9-5-8-33(34)37(48)43-40(45)51-24-26-10-14-30(41)15-11-26/h3-4,6-7,10-17,25,28,36H,5,8-9,18-24H2,1-2H3,(H,42,47)/t36-/m0/s1. The van der Waals surface area contributed by atoms with Crippen LogP contribution < -0.4 is 10.9 Å². The molecule has 1 aromatic heterocycles. The van der Waals surface area contributed by atoms with Crippen molar-refractivity contribution in [1.29, 1.82) is 0 Å². The van der Waals surface area contributed by atoms with Crippen LogP contribution in [0.4, 0.5) is 10.1 Å². The van der Waals surface area contributed by atoms with Crippen LogP contribution in [0.25, 0.3) is 0 Å². The van der Waals surface area contributed by atoms with E-state index in [1.165, 1.54) is 23.9 Å². The average molecular weight is 708 g/mol. The molecule has 3 aliphatic rings. The highest BCUT2D eigenvalue weighted by Gasteiger charge is 2.40. The van der Waals surface area contributed by atoms with Crippen LogP contribution >= 0.6 is 11.8 Å². The number of carbonyl (C=O) groups excluding carboxylic acids is 3. The number of piperidine rings is 1. The van der Waals surface area contributed by atoms with E-state index in [1.807, 2.05) is 71.8 Å². The third kappa shape index (κ3) is 7.35. The van der Waals surface area contributed by atoms with E-state index in [0.717, 1.165) is 41.6 Å². The third-order valence-electron chi connectivity index (χ3n) is 10.3. The Hall–Kier alpha value is -4.77. The van der Waals surface area contributed by atoms with Crippen molar-refractivity contribution < 1.29 is 18.8 Å². The van der Waals surface area contributed by atoms with Gasteiger partial charge in [0.05, 0.1) is 0 Å². The number of nitrogens with one attached hydrogen (secondary N) is 1. The Bertz CT molecular complexity index is 2000. The number of carbonyl (C=O) groups is 3. The zero-order valence-corrected chi connectivity index (χ0v) is 29.8. The molecule has 264 valence electrons. The minimum Gasteiger partial charge on any atom is -0.341 e. The maximum absolute atomic E-state index is 13.8. The number of nitrogens with zero attached hydrogens (tertiary/aromatic N) is 4. The normalized spacial score (nSPS) is 16.4. The van der Waals surface area contributed by atoms with Crippen LogP contribution in [-0.2, 0) is 41.3 Å². The molecule has 3 heterocycles. The maximum atomic E-state index is 13.8. The second-order valence-electron chi connectivity index (χ2n) is 14.0. The zero-order valence-electron chi connectivity index (χ0n) is 28.9. The van der Waals surface area contributed by atoms with E-state index >= 15 is 0 Å². The zero-order chi connectivity index (χ0) is 35.6. The van der Waals surface area contributed by atoms with Crippen LogP contribution in [0.3, 0.4) is 0 Å². The molecule has 1 atom stereocenters. The summed E-state index contributed by atoms with van der Waals surface area (Å²) in [5.74, 6) is 0.194. The first-order valence-corrected chi connectivity index (χ1v) is 18.7. The first-order chi connectivity index (χ1) is 24.7. The van der Waals surface area contributed by atoms with Gasteiger partial charge in [-0.15, -0.1) is 0 Å². The lowest BCUT2D eigenvalue weighted by Crippen LogP contribution is -2.53. The largest absolute Gasteiger partial charge is 0.341 e. The highest BCUT2D eigenvalue weighted by molar-refractivity contribution is 7.98.